The Kier molecular flexibility index (Phi) is 6.61. The highest BCUT2D eigenvalue weighted by atomic mass is 16.5. The molecular formula is C28H31N3O3. The zero-order chi connectivity index (χ0) is 23.5. The molecule has 3 aromatic rings. The third kappa shape index (κ3) is 4.19. The Labute approximate surface area is 200 Å². The van der Waals surface area contributed by atoms with Gasteiger partial charge in [-0.2, -0.15) is 0 Å². The number of carbonyl (C=O) groups is 1. The number of hydrogen-bond acceptors (Lipinski definition) is 5. The summed E-state index contributed by atoms with van der Waals surface area (Å²) in [4.78, 5) is 21.7. The first-order valence-electron chi connectivity index (χ1n) is 12.0. The van der Waals surface area contributed by atoms with Crippen molar-refractivity contribution in [2.24, 2.45) is 0 Å². The van der Waals surface area contributed by atoms with E-state index in [1.54, 1.807) is 25.6 Å². The number of carbonyl (C=O) groups excluding carboxylic acids is 1. The number of aromatic nitrogens is 1. The molecule has 0 bridgehead atoms. The first-order chi connectivity index (χ1) is 16.7. The molecule has 34 heavy (non-hydrogen) atoms. The molecule has 3 atom stereocenters. The number of methoxy groups -OCH3 is 1. The van der Waals surface area contributed by atoms with Gasteiger partial charge in [0.1, 0.15) is 5.75 Å². The highest BCUT2D eigenvalue weighted by Crippen LogP contribution is 2.42. The van der Waals surface area contributed by atoms with Gasteiger partial charge in [0.05, 0.1) is 19.3 Å². The van der Waals surface area contributed by atoms with E-state index in [1.807, 2.05) is 29.2 Å². The predicted octanol–water partition coefficient (Wildman–Crippen LogP) is 3.82. The normalized spacial score (nSPS) is 22.8. The van der Waals surface area contributed by atoms with E-state index < -0.39 is 0 Å². The SMILES string of the molecule is COc1ccccc1-c1ccc([C@H]2[C@H](CO)N3CCCCN(C(=O)c4cccnc4)C[C@@H]23)cc1. The zero-order valence-corrected chi connectivity index (χ0v) is 19.5. The minimum Gasteiger partial charge on any atom is -0.496 e. The molecule has 6 nitrogen and oxygen atoms in total. The summed E-state index contributed by atoms with van der Waals surface area (Å²) in [7, 11) is 1.69. The van der Waals surface area contributed by atoms with Crippen LogP contribution in [-0.4, -0.2) is 71.2 Å². The quantitative estimate of drug-likeness (QED) is 0.631. The maximum atomic E-state index is 13.2. The molecule has 1 aromatic heterocycles. The first-order valence-corrected chi connectivity index (χ1v) is 12.0. The Morgan fingerprint density at radius 1 is 1.06 bits per heavy atom. The second-order valence-electron chi connectivity index (χ2n) is 9.10. The van der Waals surface area contributed by atoms with Crippen molar-refractivity contribution in [3.63, 3.8) is 0 Å². The van der Waals surface area contributed by atoms with Crippen molar-refractivity contribution in [1.82, 2.24) is 14.8 Å². The fraction of sp³-hybridized carbons (Fsp3) is 0.357. The Morgan fingerprint density at radius 3 is 2.59 bits per heavy atom. The van der Waals surface area contributed by atoms with Crippen molar-refractivity contribution in [2.75, 3.05) is 33.4 Å². The Bertz CT molecular complexity index is 1120. The molecule has 2 aliphatic rings. The molecule has 6 heteroatoms. The lowest BCUT2D eigenvalue weighted by Crippen LogP contribution is -2.67. The number of para-hydroxylation sites is 1. The Morgan fingerprint density at radius 2 is 1.85 bits per heavy atom. The maximum Gasteiger partial charge on any atom is 0.255 e. The van der Waals surface area contributed by atoms with Crippen LogP contribution in [0.2, 0.25) is 0 Å². The molecular weight excluding hydrogens is 426 g/mol. The second-order valence-corrected chi connectivity index (χ2v) is 9.10. The monoisotopic (exact) mass is 457 g/mol. The molecule has 3 heterocycles. The van der Waals surface area contributed by atoms with Gasteiger partial charge in [-0.3, -0.25) is 14.7 Å². The highest BCUT2D eigenvalue weighted by molar-refractivity contribution is 5.93. The molecule has 2 saturated heterocycles. The third-order valence-corrected chi connectivity index (χ3v) is 7.28. The van der Waals surface area contributed by atoms with Gasteiger partial charge in [-0.1, -0.05) is 42.5 Å². The van der Waals surface area contributed by atoms with Crippen LogP contribution in [-0.2, 0) is 0 Å². The number of rotatable bonds is 5. The van der Waals surface area contributed by atoms with E-state index in [0.29, 0.717) is 12.1 Å². The molecule has 0 saturated carbocycles. The van der Waals surface area contributed by atoms with Crippen molar-refractivity contribution in [3.05, 3.63) is 84.2 Å². The first kappa shape index (κ1) is 22.6. The van der Waals surface area contributed by atoms with E-state index in [-0.39, 0.29) is 30.5 Å². The number of nitrogens with zero attached hydrogens (tertiary/aromatic N) is 3. The summed E-state index contributed by atoms with van der Waals surface area (Å²) in [5.74, 6) is 1.06. The van der Waals surface area contributed by atoms with E-state index in [9.17, 15) is 9.90 Å². The summed E-state index contributed by atoms with van der Waals surface area (Å²) in [6, 6.07) is 20.5. The lowest BCUT2D eigenvalue weighted by atomic mass is 9.74. The lowest BCUT2D eigenvalue weighted by molar-refractivity contribution is -0.0606. The topological polar surface area (TPSA) is 65.9 Å². The molecule has 0 unspecified atom stereocenters. The van der Waals surface area contributed by atoms with Gasteiger partial charge in [-0.25, -0.2) is 0 Å². The maximum absolute atomic E-state index is 13.2. The minimum absolute atomic E-state index is 0.0349. The molecule has 2 aliphatic heterocycles. The van der Waals surface area contributed by atoms with Gasteiger partial charge in [0.15, 0.2) is 0 Å². The van der Waals surface area contributed by atoms with E-state index in [0.717, 1.165) is 42.8 Å². The van der Waals surface area contributed by atoms with Crippen LogP contribution in [0.5, 0.6) is 5.75 Å². The van der Waals surface area contributed by atoms with Gasteiger partial charge in [0.2, 0.25) is 0 Å². The number of pyridine rings is 1. The van der Waals surface area contributed by atoms with Crippen LogP contribution in [0.15, 0.2) is 73.1 Å². The Hall–Kier alpha value is -3.22. The number of aliphatic hydroxyl groups excluding tert-OH is 1. The number of hydrogen-bond donors (Lipinski definition) is 1. The van der Waals surface area contributed by atoms with Crippen molar-refractivity contribution in [2.45, 2.75) is 30.8 Å². The van der Waals surface area contributed by atoms with Crippen LogP contribution in [0.3, 0.4) is 0 Å². The average Bonchev–Trinajstić information content (AvgIpc) is 2.88. The van der Waals surface area contributed by atoms with Crippen LogP contribution in [0.4, 0.5) is 0 Å². The average molecular weight is 458 g/mol. The number of fused-ring (bicyclic) bond motifs is 1. The fourth-order valence-electron chi connectivity index (χ4n) is 5.56. The molecule has 1 N–H and O–H groups in total. The molecule has 0 spiro atoms. The third-order valence-electron chi connectivity index (χ3n) is 7.28. The van der Waals surface area contributed by atoms with Gasteiger partial charge in [0, 0.05) is 49.0 Å². The van der Waals surface area contributed by atoms with Crippen molar-refractivity contribution in [1.29, 1.82) is 0 Å². The Balaban J connectivity index is 1.40. The summed E-state index contributed by atoms with van der Waals surface area (Å²) in [5.41, 5.74) is 3.99. The summed E-state index contributed by atoms with van der Waals surface area (Å²) in [6.07, 6.45) is 5.31. The molecule has 176 valence electrons. The van der Waals surface area contributed by atoms with E-state index in [1.165, 1.54) is 5.56 Å². The molecule has 5 rings (SSSR count). The summed E-state index contributed by atoms with van der Waals surface area (Å²) >= 11 is 0. The van der Waals surface area contributed by atoms with Crippen LogP contribution < -0.4 is 4.74 Å². The standard InChI is InChI=1S/C28H31N3O3/c1-34-26-9-3-2-8-23(26)20-10-12-21(13-11-20)27-24-18-30(28(33)22-7-6-14-29-17-22)15-4-5-16-31(24)25(27)19-32/h2-3,6-14,17,24-25,27,32H,4-5,15-16,18-19H2,1H3/t24-,25-,27+/m0/s1. The van der Waals surface area contributed by atoms with E-state index in [4.69, 9.17) is 4.74 Å². The van der Waals surface area contributed by atoms with Gasteiger partial charge < -0.3 is 14.7 Å². The number of amides is 1. The summed E-state index contributed by atoms with van der Waals surface area (Å²) in [6.45, 7) is 2.48. The van der Waals surface area contributed by atoms with Crippen LogP contribution >= 0.6 is 0 Å². The molecule has 2 fully saturated rings. The minimum atomic E-state index is 0.0349. The fourth-order valence-corrected chi connectivity index (χ4v) is 5.56. The largest absolute Gasteiger partial charge is 0.496 e. The number of ether oxygens (including phenoxy) is 1. The van der Waals surface area contributed by atoms with Gasteiger partial charge in [-0.15, -0.1) is 0 Å². The van der Waals surface area contributed by atoms with Crippen LogP contribution in [0, 0.1) is 0 Å². The van der Waals surface area contributed by atoms with E-state index >= 15 is 0 Å². The molecule has 2 aromatic carbocycles. The summed E-state index contributed by atoms with van der Waals surface area (Å²) in [5, 5.41) is 10.2. The molecule has 1 amide bonds. The highest BCUT2D eigenvalue weighted by Gasteiger charge is 2.49. The van der Waals surface area contributed by atoms with Gasteiger partial charge in [-0.05, 0) is 48.7 Å². The summed E-state index contributed by atoms with van der Waals surface area (Å²) < 4.78 is 5.53. The molecule has 0 aliphatic carbocycles. The van der Waals surface area contributed by atoms with Crippen molar-refractivity contribution >= 4 is 5.91 Å². The van der Waals surface area contributed by atoms with Crippen LogP contribution in [0.1, 0.15) is 34.7 Å². The van der Waals surface area contributed by atoms with E-state index in [2.05, 4.69) is 40.2 Å². The zero-order valence-electron chi connectivity index (χ0n) is 19.5. The van der Waals surface area contributed by atoms with Crippen molar-refractivity contribution < 1.29 is 14.6 Å². The molecule has 0 radical (unpaired) electrons. The smallest absolute Gasteiger partial charge is 0.255 e. The number of aliphatic hydroxyl groups is 1. The van der Waals surface area contributed by atoms with Crippen LogP contribution in [0.25, 0.3) is 11.1 Å². The van der Waals surface area contributed by atoms with Gasteiger partial charge in [0.25, 0.3) is 5.91 Å². The van der Waals surface area contributed by atoms with Gasteiger partial charge >= 0.3 is 0 Å². The second kappa shape index (κ2) is 9.95. The lowest BCUT2D eigenvalue weighted by Gasteiger charge is -2.57. The van der Waals surface area contributed by atoms with Crippen molar-refractivity contribution in [3.8, 4) is 16.9 Å². The number of benzene rings is 2. The predicted molar refractivity (Wildman–Crippen MR) is 132 cm³/mol.